The second kappa shape index (κ2) is 12.1. The van der Waals surface area contributed by atoms with Crippen LogP contribution in [0, 0.1) is 0 Å². The van der Waals surface area contributed by atoms with E-state index < -0.39 is 0 Å². The van der Waals surface area contributed by atoms with Gasteiger partial charge < -0.3 is 29.7 Å². The van der Waals surface area contributed by atoms with Crippen LogP contribution < -0.4 is 10.6 Å². The standard InChI is InChI=1S/C17H34N4O4/c1-5-24-10-6-9-18-16(19-13-15(22)21(2)3)20-14-17(23-4)7-11-25-12-8-17/h5-14H2,1-4H3,(H2,18,19,20). The third-order valence-electron chi connectivity index (χ3n) is 4.25. The molecule has 1 rings (SSSR count). The lowest BCUT2D eigenvalue weighted by Gasteiger charge is -2.36. The SMILES string of the molecule is CCOCCCNC(=NCC(=O)N(C)C)NCC1(OC)CCOCC1. The monoisotopic (exact) mass is 358 g/mol. The van der Waals surface area contributed by atoms with Crippen LogP contribution in [0.2, 0.25) is 0 Å². The Morgan fingerprint density at radius 2 is 2.00 bits per heavy atom. The predicted octanol–water partition coefficient (Wildman–Crippen LogP) is 0.232. The van der Waals surface area contributed by atoms with Gasteiger partial charge in [-0.25, -0.2) is 4.99 Å². The summed E-state index contributed by atoms with van der Waals surface area (Å²) in [6.45, 7) is 6.25. The van der Waals surface area contributed by atoms with E-state index in [9.17, 15) is 4.79 Å². The summed E-state index contributed by atoms with van der Waals surface area (Å²) < 4.78 is 16.5. The average Bonchev–Trinajstić information content (AvgIpc) is 2.63. The van der Waals surface area contributed by atoms with Crippen LogP contribution in [0.15, 0.2) is 4.99 Å². The van der Waals surface area contributed by atoms with Crippen LogP contribution >= 0.6 is 0 Å². The van der Waals surface area contributed by atoms with Crippen molar-refractivity contribution in [3.05, 3.63) is 0 Å². The largest absolute Gasteiger partial charge is 0.382 e. The van der Waals surface area contributed by atoms with Gasteiger partial charge in [-0.15, -0.1) is 0 Å². The van der Waals surface area contributed by atoms with Crippen molar-refractivity contribution >= 4 is 11.9 Å². The highest BCUT2D eigenvalue weighted by molar-refractivity contribution is 5.84. The van der Waals surface area contributed by atoms with Gasteiger partial charge in [0.2, 0.25) is 5.91 Å². The molecule has 0 spiro atoms. The number of guanidine groups is 1. The maximum Gasteiger partial charge on any atom is 0.243 e. The van der Waals surface area contributed by atoms with Crippen molar-refractivity contribution in [1.29, 1.82) is 0 Å². The van der Waals surface area contributed by atoms with E-state index in [4.69, 9.17) is 14.2 Å². The summed E-state index contributed by atoms with van der Waals surface area (Å²) in [5.41, 5.74) is -0.252. The number of nitrogens with zero attached hydrogens (tertiary/aromatic N) is 2. The molecule has 0 atom stereocenters. The number of nitrogens with one attached hydrogen (secondary N) is 2. The summed E-state index contributed by atoms with van der Waals surface area (Å²) in [7, 11) is 5.18. The molecule has 1 amide bonds. The molecule has 8 heteroatoms. The molecule has 0 saturated carbocycles. The summed E-state index contributed by atoms with van der Waals surface area (Å²) in [6, 6.07) is 0. The Kier molecular flexibility index (Phi) is 10.4. The number of hydrogen-bond donors (Lipinski definition) is 2. The zero-order valence-corrected chi connectivity index (χ0v) is 16.1. The first kappa shape index (κ1) is 21.7. The van der Waals surface area contributed by atoms with Crippen LogP contribution in [0.5, 0.6) is 0 Å². The molecule has 0 aliphatic carbocycles. The zero-order valence-electron chi connectivity index (χ0n) is 16.1. The molecule has 0 bridgehead atoms. The molecule has 1 heterocycles. The number of methoxy groups -OCH3 is 1. The van der Waals surface area contributed by atoms with E-state index in [1.54, 1.807) is 21.2 Å². The quantitative estimate of drug-likeness (QED) is 0.330. The topological polar surface area (TPSA) is 84.4 Å². The van der Waals surface area contributed by atoms with Crippen LogP contribution in [0.4, 0.5) is 0 Å². The Bertz CT molecular complexity index is 409. The van der Waals surface area contributed by atoms with E-state index in [1.165, 1.54) is 4.90 Å². The van der Waals surface area contributed by atoms with Gasteiger partial charge in [0.15, 0.2) is 5.96 Å². The number of hydrogen-bond acceptors (Lipinski definition) is 5. The summed E-state index contributed by atoms with van der Waals surface area (Å²) in [4.78, 5) is 17.7. The summed E-state index contributed by atoms with van der Waals surface area (Å²) in [5, 5.41) is 6.57. The van der Waals surface area contributed by atoms with Crippen LogP contribution in [-0.4, -0.2) is 89.6 Å². The molecule has 146 valence electrons. The molecule has 1 aliphatic heterocycles. The van der Waals surface area contributed by atoms with Crippen molar-refractivity contribution in [3.8, 4) is 0 Å². The van der Waals surface area contributed by atoms with Crippen LogP contribution in [0.1, 0.15) is 26.2 Å². The highest BCUT2D eigenvalue weighted by Crippen LogP contribution is 2.23. The zero-order chi connectivity index (χ0) is 18.5. The lowest BCUT2D eigenvalue weighted by molar-refractivity contribution is -0.127. The lowest BCUT2D eigenvalue weighted by Crippen LogP contribution is -2.51. The minimum atomic E-state index is -0.252. The van der Waals surface area contributed by atoms with Crippen molar-refractivity contribution in [3.63, 3.8) is 0 Å². The average molecular weight is 358 g/mol. The molecule has 25 heavy (non-hydrogen) atoms. The molecule has 1 aliphatic rings. The predicted molar refractivity (Wildman–Crippen MR) is 97.9 cm³/mol. The summed E-state index contributed by atoms with van der Waals surface area (Å²) in [5.74, 6) is 0.581. The Labute approximate surface area is 151 Å². The lowest BCUT2D eigenvalue weighted by atomic mass is 9.94. The van der Waals surface area contributed by atoms with Crippen molar-refractivity contribution in [1.82, 2.24) is 15.5 Å². The number of amides is 1. The molecule has 0 aromatic carbocycles. The molecule has 0 aromatic heterocycles. The molecule has 0 aromatic rings. The van der Waals surface area contributed by atoms with Gasteiger partial charge in [-0.05, 0) is 13.3 Å². The van der Waals surface area contributed by atoms with Crippen molar-refractivity contribution in [2.24, 2.45) is 4.99 Å². The smallest absolute Gasteiger partial charge is 0.243 e. The fourth-order valence-electron chi connectivity index (χ4n) is 2.43. The molecular formula is C17H34N4O4. The fraction of sp³-hybridized carbons (Fsp3) is 0.882. The van der Waals surface area contributed by atoms with Crippen molar-refractivity contribution < 1.29 is 19.0 Å². The van der Waals surface area contributed by atoms with E-state index in [0.29, 0.717) is 32.3 Å². The number of likely N-dealkylation sites (N-methyl/N-ethyl adjacent to an activating group) is 1. The molecule has 0 radical (unpaired) electrons. The number of rotatable bonds is 10. The van der Waals surface area contributed by atoms with Gasteiger partial charge >= 0.3 is 0 Å². The van der Waals surface area contributed by atoms with E-state index in [-0.39, 0.29) is 18.1 Å². The number of ether oxygens (including phenoxy) is 3. The third kappa shape index (κ3) is 8.51. The fourth-order valence-corrected chi connectivity index (χ4v) is 2.43. The minimum Gasteiger partial charge on any atom is -0.382 e. The Balaban J connectivity index is 2.56. The molecule has 1 fully saturated rings. The number of aliphatic imine (C=N–C) groups is 1. The molecular weight excluding hydrogens is 324 g/mol. The first-order chi connectivity index (χ1) is 12.0. The Morgan fingerprint density at radius 3 is 2.60 bits per heavy atom. The Hall–Kier alpha value is -1.38. The molecule has 8 nitrogen and oxygen atoms in total. The van der Waals surface area contributed by atoms with Gasteiger partial charge in [-0.1, -0.05) is 0 Å². The van der Waals surface area contributed by atoms with E-state index in [2.05, 4.69) is 15.6 Å². The highest BCUT2D eigenvalue weighted by atomic mass is 16.5. The highest BCUT2D eigenvalue weighted by Gasteiger charge is 2.32. The minimum absolute atomic E-state index is 0.0389. The summed E-state index contributed by atoms with van der Waals surface area (Å²) >= 11 is 0. The number of carbonyl (C=O) groups is 1. The number of carbonyl (C=O) groups excluding carboxylic acids is 1. The normalized spacial score (nSPS) is 17.2. The maximum atomic E-state index is 11.8. The first-order valence-corrected chi connectivity index (χ1v) is 8.96. The van der Waals surface area contributed by atoms with Gasteiger partial charge in [0.1, 0.15) is 6.54 Å². The Morgan fingerprint density at radius 1 is 1.28 bits per heavy atom. The van der Waals surface area contributed by atoms with E-state index >= 15 is 0 Å². The van der Waals surface area contributed by atoms with Crippen molar-refractivity contribution in [2.75, 3.05) is 67.3 Å². The van der Waals surface area contributed by atoms with Gasteiger partial charge in [-0.2, -0.15) is 0 Å². The van der Waals surface area contributed by atoms with E-state index in [1.807, 2.05) is 6.92 Å². The van der Waals surface area contributed by atoms with Crippen LogP contribution in [0.3, 0.4) is 0 Å². The van der Waals surface area contributed by atoms with Gasteiger partial charge in [0.05, 0.1) is 5.60 Å². The van der Waals surface area contributed by atoms with Crippen LogP contribution in [-0.2, 0) is 19.0 Å². The summed E-state index contributed by atoms with van der Waals surface area (Å²) in [6.07, 6.45) is 2.55. The molecule has 2 N–H and O–H groups in total. The van der Waals surface area contributed by atoms with Crippen LogP contribution in [0.25, 0.3) is 0 Å². The van der Waals surface area contributed by atoms with Gasteiger partial charge in [-0.3, -0.25) is 4.79 Å². The van der Waals surface area contributed by atoms with Crippen molar-refractivity contribution in [2.45, 2.75) is 31.8 Å². The molecule has 0 unspecified atom stereocenters. The second-order valence-corrected chi connectivity index (χ2v) is 6.28. The second-order valence-electron chi connectivity index (χ2n) is 6.28. The van der Waals surface area contributed by atoms with Gasteiger partial charge in [0.25, 0.3) is 0 Å². The first-order valence-electron chi connectivity index (χ1n) is 8.96. The molecule has 1 saturated heterocycles. The maximum absolute atomic E-state index is 11.8. The van der Waals surface area contributed by atoms with Gasteiger partial charge in [0, 0.05) is 73.6 Å². The van der Waals surface area contributed by atoms with E-state index in [0.717, 1.165) is 32.4 Å². The third-order valence-corrected chi connectivity index (χ3v) is 4.25.